The first-order chi connectivity index (χ1) is 17.8. The maximum atomic E-state index is 13.1. The van der Waals surface area contributed by atoms with Crippen molar-refractivity contribution >= 4 is 30.4 Å². The van der Waals surface area contributed by atoms with E-state index in [9.17, 15) is 19.0 Å². The average Bonchev–Trinajstić information content (AvgIpc) is 3.31. The molecule has 2 amide bonds. The zero-order valence-electron chi connectivity index (χ0n) is 21.3. The number of aromatic nitrogens is 2. The Hall–Kier alpha value is -3.04. The number of imide groups is 1. The number of amides is 2. The van der Waals surface area contributed by atoms with Crippen molar-refractivity contribution in [3.8, 4) is 5.75 Å². The molecule has 3 aromatic rings. The number of nitrogens with zero attached hydrogens (tertiary/aromatic N) is 3. The van der Waals surface area contributed by atoms with Crippen molar-refractivity contribution < 1.29 is 37.6 Å². The molecule has 0 bridgehead atoms. The first kappa shape index (κ1) is 27.0. The van der Waals surface area contributed by atoms with Gasteiger partial charge in [-0.2, -0.15) is 0 Å². The summed E-state index contributed by atoms with van der Waals surface area (Å²) in [6.07, 6.45) is 0.225. The van der Waals surface area contributed by atoms with Gasteiger partial charge in [-0.1, -0.05) is 12.1 Å². The number of methoxy groups -OCH3 is 1. The summed E-state index contributed by atoms with van der Waals surface area (Å²) in [5, 5.41) is 0. The number of rotatable bonds is 13. The minimum atomic E-state index is -3.84. The Morgan fingerprint density at radius 1 is 1.03 bits per heavy atom. The largest absolute Gasteiger partial charge is 0.778 e. The third-order valence-electron chi connectivity index (χ3n) is 6.34. The molecule has 0 spiro atoms. The van der Waals surface area contributed by atoms with Crippen LogP contribution in [0, 0.1) is 0 Å². The molecule has 2 heterocycles. The Labute approximate surface area is 215 Å². The molecule has 0 fully saturated rings. The monoisotopic (exact) mass is 529 g/mol. The molecule has 0 radical (unpaired) electrons. The third-order valence-corrected chi connectivity index (χ3v) is 7.85. The molecular formula is C26H32N3O7P. The second-order valence-electron chi connectivity index (χ2n) is 8.65. The number of imidazole rings is 1. The van der Waals surface area contributed by atoms with Gasteiger partial charge in [-0.25, -0.2) is 9.13 Å². The average molecular weight is 530 g/mol. The van der Waals surface area contributed by atoms with Gasteiger partial charge in [0.1, 0.15) is 26.4 Å². The Morgan fingerprint density at radius 2 is 1.73 bits per heavy atom. The van der Waals surface area contributed by atoms with Crippen LogP contribution in [0.15, 0.2) is 42.5 Å². The zero-order valence-corrected chi connectivity index (χ0v) is 22.2. The van der Waals surface area contributed by atoms with Crippen LogP contribution in [0.2, 0.25) is 0 Å². The minimum Gasteiger partial charge on any atom is -0.778 e. The van der Waals surface area contributed by atoms with Crippen molar-refractivity contribution in [1.29, 1.82) is 0 Å². The highest BCUT2D eigenvalue weighted by Crippen LogP contribution is 2.37. The molecular weight excluding hydrogens is 497 g/mol. The molecule has 0 aliphatic carbocycles. The lowest BCUT2D eigenvalue weighted by Gasteiger charge is -2.22. The maximum absolute atomic E-state index is 13.1. The molecule has 37 heavy (non-hydrogen) atoms. The molecule has 1 unspecified atom stereocenters. The van der Waals surface area contributed by atoms with Crippen molar-refractivity contribution in [2.75, 3.05) is 33.1 Å². The standard InChI is InChI=1S/C26H32N3O7P/c1-4-27-23-17-19(35-14-8-16-37(32,33)36-5-2)11-12-22(23)28(13-15-34-3)24(27)18-29-25(30)20-9-6-7-10-21(20)26(29)31/h6-7,9-12,17H,4-5,8,13-16,18H2,1-3H3. The Bertz CT molecular complexity index is 1320. The highest BCUT2D eigenvalue weighted by atomic mass is 31.2. The van der Waals surface area contributed by atoms with Crippen LogP contribution < -0.4 is 14.2 Å². The van der Waals surface area contributed by atoms with Gasteiger partial charge in [-0.15, -0.1) is 0 Å². The quantitative estimate of drug-likeness (QED) is 0.145. The van der Waals surface area contributed by atoms with E-state index in [1.165, 1.54) is 4.90 Å². The Balaban J connectivity index is 1.61. The van der Waals surface area contributed by atoms with Crippen LogP contribution in [0.3, 0.4) is 0 Å². The minimum absolute atomic E-state index is 0.0874. The SMILES string of the molecule is CCOP(=O)([O-])CCCOc1ccc2c(c1)n(CC)c(CN1C(=O)c3ccccc3C1=O)[n+]2CCOC. The fraction of sp³-hybridized carbons (Fsp3) is 0.423. The lowest BCUT2D eigenvalue weighted by atomic mass is 10.1. The first-order valence-electron chi connectivity index (χ1n) is 12.4. The number of benzene rings is 2. The van der Waals surface area contributed by atoms with Crippen LogP contribution in [-0.2, 0) is 33.5 Å². The predicted molar refractivity (Wildman–Crippen MR) is 135 cm³/mol. The number of carbonyl (C=O) groups excluding carboxylic acids is 2. The van der Waals surface area contributed by atoms with E-state index in [0.717, 1.165) is 16.9 Å². The fourth-order valence-corrected chi connectivity index (χ4v) is 5.69. The van der Waals surface area contributed by atoms with Crippen LogP contribution >= 0.6 is 7.60 Å². The smallest absolute Gasteiger partial charge is 0.278 e. The molecule has 0 saturated heterocycles. The van der Waals surface area contributed by atoms with Gasteiger partial charge in [0, 0.05) is 19.3 Å². The van der Waals surface area contributed by atoms with Gasteiger partial charge in [0.15, 0.2) is 11.0 Å². The number of hydrogen-bond donors (Lipinski definition) is 0. The summed E-state index contributed by atoms with van der Waals surface area (Å²) in [4.78, 5) is 39.2. The second-order valence-corrected chi connectivity index (χ2v) is 10.6. The van der Waals surface area contributed by atoms with Crippen LogP contribution in [0.25, 0.3) is 11.0 Å². The summed E-state index contributed by atoms with van der Waals surface area (Å²) in [7, 11) is -2.21. The van der Waals surface area contributed by atoms with E-state index in [1.807, 2.05) is 25.1 Å². The molecule has 11 heteroatoms. The van der Waals surface area contributed by atoms with Crippen molar-refractivity contribution in [3.05, 3.63) is 59.4 Å². The topological polar surface area (TPSA) is 114 Å². The molecule has 1 aromatic heterocycles. The molecule has 1 aliphatic rings. The number of fused-ring (bicyclic) bond motifs is 2. The highest BCUT2D eigenvalue weighted by molar-refractivity contribution is 7.51. The van der Waals surface area contributed by atoms with Crippen LogP contribution in [0.4, 0.5) is 0 Å². The van der Waals surface area contributed by atoms with E-state index >= 15 is 0 Å². The summed E-state index contributed by atoms with van der Waals surface area (Å²) in [6, 6.07) is 12.5. The Kier molecular flexibility index (Phi) is 8.44. The van der Waals surface area contributed by atoms with E-state index < -0.39 is 7.60 Å². The van der Waals surface area contributed by atoms with Gasteiger partial charge in [0.2, 0.25) is 0 Å². The number of ether oxygens (including phenoxy) is 2. The van der Waals surface area contributed by atoms with Crippen LogP contribution in [-0.4, -0.2) is 54.4 Å². The van der Waals surface area contributed by atoms with E-state index in [0.29, 0.717) is 43.0 Å². The van der Waals surface area contributed by atoms with Gasteiger partial charge in [-0.3, -0.25) is 14.5 Å². The van der Waals surface area contributed by atoms with Crippen molar-refractivity contribution in [2.45, 2.75) is 39.9 Å². The van der Waals surface area contributed by atoms with Crippen molar-refractivity contribution in [3.63, 3.8) is 0 Å². The summed E-state index contributed by atoms with van der Waals surface area (Å²) in [5.74, 6) is 0.783. The Morgan fingerprint density at radius 3 is 2.35 bits per heavy atom. The van der Waals surface area contributed by atoms with Crippen molar-refractivity contribution in [2.24, 2.45) is 0 Å². The van der Waals surface area contributed by atoms with Crippen LogP contribution in [0.5, 0.6) is 5.75 Å². The maximum Gasteiger partial charge on any atom is 0.278 e. The molecule has 0 saturated carbocycles. The van der Waals surface area contributed by atoms with Gasteiger partial charge in [0.25, 0.3) is 17.6 Å². The lowest BCUT2D eigenvalue weighted by Crippen LogP contribution is -2.43. The second kappa shape index (κ2) is 11.6. The molecule has 0 N–H and O–H groups in total. The number of carbonyl (C=O) groups is 2. The molecule has 1 atom stereocenters. The van der Waals surface area contributed by atoms with Gasteiger partial charge >= 0.3 is 0 Å². The zero-order chi connectivity index (χ0) is 26.6. The van der Waals surface area contributed by atoms with E-state index in [4.69, 9.17) is 14.0 Å². The van der Waals surface area contributed by atoms with Gasteiger partial charge in [0.05, 0.1) is 37.5 Å². The molecule has 2 aromatic carbocycles. The van der Waals surface area contributed by atoms with Crippen LogP contribution in [0.1, 0.15) is 46.8 Å². The third kappa shape index (κ3) is 5.62. The fourth-order valence-electron chi connectivity index (χ4n) is 4.65. The summed E-state index contributed by atoms with van der Waals surface area (Å²) in [6.45, 7) is 5.70. The molecule has 198 valence electrons. The van der Waals surface area contributed by atoms with E-state index in [1.54, 1.807) is 38.3 Å². The molecule has 10 nitrogen and oxygen atoms in total. The van der Waals surface area contributed by atoms with E-state index in [-0.39, 0.29) is 37.7 Å². The summed E-state index contributed by atoms with van der Waals surface area (Å²) in [5.41, 5.74) is 2.63. The summed E-state index contributed by atoms with van der Waals surface area (Å²) >= 11 is 0. The first-order valence-corrected chi connectivity index (χ1v) is 14.1. The van der Waals surface area contributed by atoms with Crippen molar-refractivity contribution in [1.82, 2.24) is 9.47 Å². The molecule has 4 rings (SSSR count). The van der Waals surface area contributed by atoms with Gasteiger partial charge < -0.3 is 23.5 Å². The normalized spacial score (nSPS) is 14.9. The predicted octanol–water partition coefficient (Wildman–Crippen LogP) is 2.75. The number of hydrogen-bond acceptors (Lipinski definition) is 7. The lowest BCUT2D eigenvalue weighted by molar-refractivity contribution is -0.682. The molecule has 1 aliphatic heterocycles. The summed E-state index contributed by atoms with van der Waals surface area (Å²) < 4.78 is 31.8. The van der Waals surface area contributed by atoms with Gasteiger partial charge in [-0.05, 0) is 44.5 Å². The number of aryl methyl sites for hydroxylation is 1. The van der Waals surface area contributed by atoms with E-state index in [2.05, 4.69) is 9.13 Å². The highest BCUT2D eigenvalue weighted by Gasteiger charge is 2.38.